The molecule has 0 aliphatic carbocycles. The zero-order valence-corrected chi connectivity index (χ0v) is 10.1. The van der Waals surface area contributed by atoms with Crippen LogP contribution in [0.15, 0.2) is 24.3 Å². The predicted molar refractivity (Wildman–Crippen MR) is 67.5 cm³/mol. The van der Waals surface area contributed by atoms with Gasteiger partial charge in [-0.1, -0.05) is 0 Å². The van der Waals surface area contributed by atoms with Crippen LogP contribution in [0.4, 0.5) is 16.2 Å². The molecule has 3 rings (SSSR count). The highest BCUT2D eigenvalue weighted by Crippen LogP contribution is 2.33. The van der Waals surface area contributed by atoms with Crippen molar-refractivity contribution >= 4 is 17.5 Å². The third kappa shape index (κ3) is 1.90. The second-order valence-corrected chi connectivity index (χ2v) is 4.88. The molecule has 0 aromatic heterocycles. The lowest BCUT2D eigenvalue weighted by Gasteiger charge is -2.30. The molecule has 1 atom stereocenters. The molecule has 1 aromatic rings. The first-order valence-electron chi connectivity index (χ1n) is 6.12. The number of rotatable bonds is 1. The molecule has 0 radical (unpaired) electrons. The van der Waals surface area contributed by atoms with Gasteiger partial charge in [0.2, 0.25) is 0 Å². The Morgan fingerprint density at radius 3 is 2.72 bits per heavy atom. The molecule has 1 aromatic carbocycles. The van der Waals surface area contributed by atoms with Crippen molar-refractivity contribution in [3.8, 4) is 0 Å². The number of hydrogen-bond donors (Lipinski definition) is 1. The number of nitrogens with zero attached hydrogens (tertiary/aromatic N) is 1. The summed E-state index contributed by atoms with van der Waals surface area (Å²) in [4.78, 5) is 13.6. The van der Waals surface area contributed by atoms with Gasteiger partial charge >= 0.3 is 6.09 Å². The summed E-state index contributed by atoms with van der Waals surface area (Å²) in [5.41, 5.74) is 6.68. The summed E-state index contributed by atoms with van der Waals surface area (Å²) in [7, 11) is 0. The van der Waals surface area contributed by atoms with Gasteiger partial charge in [0.1, 0.15) is 0 Å². The smallest absolute Gasteiger partial charge is 0.415 e. The Bertz CT molecular complexity index is 452. The molecule has 2 heterocycles. The molecule has 2 fully saturated rings. The average Bonchev–Trinajstić information content (AvgIpc) is 2.68. The molecule has 2 aliphatic rings. The van der Waals surface area contributed by atoms with Crippen LogP contribution in [0, 0.1) is 0 Å². The number of anilines is 2. The molecule has 2 saturated heterocycles. The summed E-state index contributed by atoms with van der Waals surface area (Å²) in [5.74, 6) is 0. The van der Waals surface area contributed by atoms with Crippen molar-refractivity contribution in [2.75, 3.05) is 30.4 Å². The maximum atomic E-state index is 11.9. The van der Waals surface area contributed by atoms with Gasteiger partial charge in [-0.2, -0.15) is 0 Å². The second kappa shape index (κ2) is 4.17. The van der Waals surface area contributed by atoms with E-state index in [0.717, 1.165) is 25.1 Å². The van der Waals surface area contributed by atoms with Crippen molar-refractivity contribution in [3.05, 3.63) is 24.3 Å². The summed E-state index contributed by atoms with van der Waals surface area (Å²) >= 11 is 0. The van der Waals surface area contributed by atoms with Gasteiger partial charge in [0, 0.05) is 18.0 Å². The fourth-order valence-electron chi connectivity index (χ4n) is 2.51. The van der Waals surface area contributed by atoms with Gasteiger partial charge in [-0.15, -0.1) is 0 Å². The van der Waals surface area contributed by atoms with Gasteiger partial charge in [-0.25, -0.2) is 4.79 Å². The molecule has 0 saturated carbocycles. The lowest BCUT2D eigenvalue weighted by Crippen LogP contribution is -2.42. The van der Waals surface area contributed by atoms with Crippen molar-refractivity contribution in [3.63, 3.8) is 0 Å². The molecule has 5 heteroatoms. The standard InChI is InChI=1S/C13H16N2O3/c14-10-2-4-11(5-3-10)15-8-13(18-12(15)16)6-1-7-17-9-13/h2-5H,1,6-9,14H2. The lowest BCUT2D eigenvalue weighted by atomic mass is 9.97. The number of carbonyl (C=O) groups excluding carboxylic acids is 1. The Morgan fingerprint density at radius 1 is 1.28 bits per heavy atom. The Hall–Kier alpha value is -1.75. The first-order chi connectivity index (χ1) is 8.69. The van der Waals surface area contributed by atoms with E-state index in [4.69, 9.17) is 15.2 Å². The van der Waals surface area contributed by atoms with Gasteiger partial charge < -0.3 is 15.2 Å². The van der Waals surface area contributed by atoms with E-state index in [1.54, 1.807) is 17.0 Å². The number of nitrogens with two attached hydrogens (primary N) is 1. The van der Waals surface area contributed by atoms with Crippen LogP contribution in [-0.4, -0.2) is 31.5 Å². The van der Waals surface area contributed by atoms with Crippen LogP contribution in [0.25, 0.3) is 0 Å². The summed E-state index contributed by atoms with van der Waals surface area (Å²) < 4.78 is 11.0. The molecule has 1 spiro atoms. The highest BCUT2D eigenvalue weighted by Gasteiger charge is 2.46. The SMILES string of the molecule is Nc1ccc(N2CC3(CCCOC3)OC2=O)cc1. The maximum absolute atomic E-state index is 11.9. The first-order valence-corrected chi connectivity index (χ1v) is 6.12. The number of nitrogen functional groups attached to an aromatic ring is 1. The van der Waals surface area contributed by atoms with Crippen molar-refractivity contribution in [1.82, 2.24) is 0 Å². The van der Waals surface area contributed by atoms with Gasteiger partial charge in [-0.3, -0.25) is 4.90 Å². The maximum Gasteiger partial charge on any atom is 0.415 e. The van der Waals surface area contributed by atoms with Gasteiger partial charge in [0.05, 0.1) is 13.2 Å². The molecular formula is C13H16N2O3. The summed E-state index contributed by atoms with van der Waals surface area (Å²) in [6.07, 6.45) is 1.50. The minimum absolute atomic E-state index is 0.301. The van der Waals surface area contributed by atoms with Gasteiger partial charge in [-0.05, 0) is 37.1 Å². The summed E-state index contributed by atoms with van der Waals surface area (Å²) in [6.45, 7) is 1.79. The Labute approximate surface area is 105 Å². The van der Waals surface area contributed by atoms with Crippen LogP contribution >= 0.6 is 0 Å². The summed E-state index contributed by atoms with van der Waals surface area (Å²) in [6, 6.07) is 7.23. The van der Waals surface area contributed by atoms with E-state index in [9.17, 15) is 4.79 Å². The topological polar surface area (TPSA) is 64.8 Å². The molecule has 2 N–H and O–H groups in total. The third-order valence-electron chi connectivity index (χ3n) is 3.46. The minimum Gasteiger partial charge on any atom is -0.438 e. The second-order valence-electron chi connectivity index (χ2n) is 4.88. The largest absolute Gasteiger partial charge is 0.438 e. The van der Waals surface area contributed by atoms with Crippen LogP contribution in [-0.2, 0) is 9.47 Å². The number of ether oxygens (including phenoxy) is 2. The normalized spacial score (nSPS) is 27.6. The predicted octanol–water partition coefficient (Wildman–Crippen LogP) is 1.77. The fraction of sp³-hybridized carbons (Fsp3) is 0.462. The monoisotopic (exact) mass is 248 g/mol. The molecule has 1 amide bonds. The molecular weight excluding hydrogens is 232 g/mol. The summed E-state index contributed by atoms with van der Waals surface area (Å²) in [5, 5.41) is 0. The number of carbonyl (C=O) groups is 1. The number of benzene rings is 1. The van der Waals surface area contributed by atoms with E-state index in [2.05, 4.69) is 0 Å². The van der Waals surface area contributed by atoms with Crippen LogP contribution in [0.2, 0.25) is 0 Å². The third-order valence-corrected chi connectivity index (χ3v) is 3.46. The zero-order chi connectivity index (χ0) is 12.6. The minimum atomic E-state index is -0.462. The van der Waals surface area contributed by atoms with E-state index < -0.39 is 5.60 Å². The van der Waals surface area contributed by atoms with Crippen LogP contribution in [0.3, 0.4) is 0 Å². The van der Waals surface area contributed by atoms with Crippen molar-refractivity contribution in [2.45, 2.75) is 18.4 Å². The van der Waals surface area contributed by atoms with E-state index in [-0.39, 0.29) is 6.09 Å². The van der Waals surface area contributed by atoms with E-state index in [0.29, 0.717) is 18.8 Å². The zero-order valence-electron chi connectivity index (χ0n) is 10.1. The van der Waals surface area contributed by atoms with Crippen LogP contribution in [0.5, 0.6) is 0 Å². The van der Waals surface area contributed by atoms with Crippen molar-refractivity contribution < 1.29 is 14.3 Å². The fourth-order valence-corrected chi connectivity index (χ4v) is 2.51. The molecule has 96 valence electrons. The molecule has 0 bridgehead atoms. The average molecular weight is 248 g/mol. The van der Waals surface area contributed by atoms with Crippen LogP contribution in [0.1, 0.15) is 12.8 Å². The van der Waals surface area contributed by atoms with E-state index in [1.807, 2.05) is 12.1 Å². The lowest BCUT2D eigenvalue weighted by molar-refractivity contribution is -0.0643. The van der Waals surface area contributed by atoms with Crippen LogP contribution < -0.4 is 10.6 Å². The van der Waals surface area contributed by atoms with E-state index in [1.165, 1.54) is 0 Å². The molecule has 2 aliphatic heterocycles. The molecule has 18 heavy (non-hydrogen) atoms. The Kier molecular flexibility index (Phi) is 2.63. The van der Waals surface area contributed by atoms with E-state index >= 15 is 0 Å². The molecule has 1 unspecified atom stereocenters. The van der Waals surface area contributed by atoms with Gasteiger partial charge in [0.15, 0.2) is 5.60 Å². The Morgan fingerprint density at radius 2 is 2.06 bits per heavy atom. The number of amides is 1. The first kappa shape index (κ1) is 11.3. The quantitative estimate of drug-likeness (QED) is 0.769. The highest BCUT2D eigenvalue weighted by atomic mass is 16.6. The van der Waals surface area contributed by atoms with Crippen molar-refractivity contribution in [1.29, 1.82) is 0 Å². The van der Waals surface area contributed by atoms with Gasteiger partial charge in [0.25, 0.3) is 0 Å². The molecule has 5 nitrogen and oxygen atoms in total. The highest BCUT2D eigenvalue weighted by molar-refractivity contribution is 5.90. The number of hydrogen-bond acceptors (Lipinski definition) is 4. The Balaban J connectivity index is 1.82. The van der Waals surface area contributed by atoms with Crippen molar-refractivity contribution in [2.24, 2.45) is 0 Å².